The van der Waals surface area contributed by atoms with E-state index in [0.717, 1.165) is 71.0 Å². The molecule has 8 nitrogen and oxygen atoms in total. The minimum Gasteiger partial charge on any atom is -0.508 e. The second-order valence-corrected chi connectivity index (χ2v) is 28.8. The maximum absolute atomic E-state index is 10.9. The molecule has 6 unspecified atom stereocenters. The smallest absolute Gasteiger partial charge is 0.115 e. The van der Waals surface area contributed by atoms with E-state index in [0.29, 0.717) is 41.4 Å². The highest BCUT2D eigenvalue weighted by molar-refractivity contribution is 6.30. The van der Waals surface area contributed by atoms with Crippen LogP contribution >= 0.6 is 11.6 Å². The van der Waals surface area contributed by atoms with Crippen LogP contribution in [0.25, 0.3) is 0 Å². The number of halogens is 1. The average Bonchev–Trinajstić information content (AvgIpc) is 0.801. The summed E-state index contributed by atoms with van der Waals surface area (Å²) in [6.07, 6.45) is 5.50. The molecule has 0 spiro atoms. The first kappa shape index (κ1) is 96.5. The van der Waals surface area contributed by atoms with Crippen LogP contribution in [0.1, 0.15) is 211 Å². The topological polar surface area (TPSA) is 162 Å². The third-order valence-electron chi connectivity index (χ3n) is 19.3. The summed E-state index contributed by atoms with van der Waals surface area (Å²) in [4.78, 5) is 0. The Morgan fingerprint density at radius 2 is 0.580 bits per heavy atom. The van der Waals surface area contributed by atoms with E-state index < -0.39 is 11.2 Å². The minimum atomic E-state index is -0.946. The van der Waals surface area contributed by atoms with E-state index >= 15 is 0 Å². The van der Waals surface area contributed by atoms with Gasteiger partial charge in [-0.05, 0) is 180 Å². The number of phenolic OH excluding ortho intramolecular Hbond substituents is 2. The first-order valence-electron chi connectivity index (χ1n) is 38.9. The summed E-state index contributed by atoms with van der Waals surface area (Å²) in [5.41, 5.74) is 14.2. The number of rotatable bonds is 22. The van der Waals surface area contributed by atoms with Gasteiger partial charge in [-0.1, -0.05) is 397 Å². The monoisotopic (exact) mass is 1530 g/mol. The molecule has 0 amide bonds. The van der Waals surface area contributed by atoms with E-state index in [4.69, 9.17) is 26.9 Å². The summed E-state index contributed by atoms with van der Waals surface area (Å²) in [6, 6.07) is 109. The molecule has 0 bridgehead atoms. The van der Waals surface area contributed by atoms with Gasteiger partial charge in [0.2, 0.25) is 0 Å². The lowest BCUT2D eigenvalue weighted by molar-refractivity contribution is 0.0762. The number of aliphatic hydroxyl groups excluding tert-OH is 4. The molecule has 0 radical (unpaired) electrons. The van der Waals surface area contributed by atoms with Crippen molar-refractivity contribution < 1.29 is 40.9 Å². The molecule has 12 aromatic rings. The van der Waals surface area contributed by atoms with E-state index in [-0.39, 0.29) is 57.9 Å². The van der Waals surface area contributed by atoms with Gasteiger partial charge in [-0.3, -0.25) is 0 Å². The Hall–Kier alpha value is -9.71. The largest absolute Gasteiger partial charge is 0.508 e. The van der Waals surface area contributed by atoms with Gasteiger partial charge in [-0.2, -0.15) is 0 Å². The fourth-order valence-electron chi connectivity index (χ4n) is 12.5. The van der Waals surface area contributed by atoms with E-state index in [2.05, 4.69) is 118 Å². The van der Waals surface area contributed by atoms with Gasteiger partial charge in [0.25, 0.3) is 0 Å². The Morgan fingerprint density at radius 1 is 0.312 bits per heavy atom. The van der Waals surface area contributed by atoms with Gasteiger partial charge in [0.15, 0.2) is 0 Å². The lowest BCUT2D eigenvalue weighted by atomic mass is 9.84. The van der Waals surface area contributed by atoms with Gasteiger partial charge >= 0.3 is 0 Å². The summed E-state index contributed by atoms with van der Waals surface area (Å²) in [6.45, 7) is 23.1. The maximum Gasteiger partial charge on any atom is 0.115 e. The Labute approximate surface area is 678 Å². The highest BCUT2D eigenvalue weighted by Gasteiger charge is 2.30. The number of phenols is 2. The lowest BCUT2D eigenvalue weighted by Crippen LogP contribution is -2.26. The van der Waals surface area contributed by atoms with Gasteiger partial charge < -0.3 is 40.9 Å². The van der Waals surface area contributed by atoms with Crippen LogP contribution in [0.4, 0.5) is 0 Å². The van der Waals surface area contributed by atoms with Crippen molar-refractivity contribution in [1.82, 2.24) is 0 Å². The molecule has 596 valence electrons. The van der Waals surface area contributed by atoms with Crippen molar-refractivity contribution in [3.63, 3.8) is 0 Å². The third-order valence-corrected chi connectivity index (χ3v) is 19.5. The van der Waals surface area contributed by atoms with Gasteiger partial charge in [0, 0.05) is 30.1 Å². The quantitative estimate of drug-likeness (QED) is 0.0333. The summed E-state index contributed by atoms with van der Waals surface area (Å²) < 4.78 is 0. The number of aryl methyl sites for hydroxylation is 2. The van der Waals surface area contributed by atoms with Crippen molar-refractivity contribution in [3.05, 3.63) is 417 Å². The van der Waals surface area contributed by atoms with Crippen molar-refractivity contribution in [2.75, 3.05) is 13.2 Å². The van der Waals surface area contributed by atoms with E-state index in [1.165, 1.54) is 38.9 Å². The summed E-state index contributed by atoms with van der Waals surface area (Å²) in [7, 11) is 0. The average molecular weight is 1530 g/mol. The fraction of sp³-hybridized carbons (Fsp3) is 0.301. The Bertz CT molecular complexity index is 4100. The van der Waals surface area contributed by atoms with E-state index in [1.54, 1.807) is 24.3 Å². The molecule has 12 aromatic carbocycles. The van der Waals surface area contributed by atoms with Gasteiger partial charge in [0.1, 0.15) is 22.7 Å². The molecule has 0 heterocycles. The van der Waals surface area contributed by atoms with E-state index in [1.807, 2.05) is 268 Å². The number of aromatic hydroxyl groups is 2. The van der Waals surface area contributed by atoms with Crippen LogP contribution in [-0.2, 0) is 24.0 Å². The summed E-state index contributed by atoms with van der Waals surface area (Å²) in [5.74, 6) is 2.51. The molecule has 12 rings (SSSR count). The van der Waals surface area contributed by atoms with Crippen LogP contribution in [-0.4, -0.2) is 54.1 Å². The summed E-state index contributed by atoms with van der Waals surface area (Å²) >= 11 is 5.89. The fourth-order valence-corrected chi connectivity index (χ4v) is 12.6. The van der Waals surface area contributed by atoms with Crippen LogP contribution in [0.5, 0.6) is 11.5 Å². The van der Waals surface area contributed by atoms with Crippen LogP contribution in [0, 0.1) is 31.6 Å². The molecular weight excluding hydrogens is 1400 g/mol. The molecule has 0 aliphatic carbocycles. The Balaban J connectivity index is 0.000000333. The van der Waals surface area contributed by atoms with Gasteiger partial charge in [0.05, 0.1) is 12.2 Å². The Morgan fingerprint density at radius 3 is 0.902 bits per heavy atom. The van der Waals surface area contributed by atoms with Crippen LogP contribution in [0.2, 0.25) is 5.02 Å². The maximum atomic E-state index is 10.9. The first-order valence-corrected chi connectivity index (χ1v) is 39.3. The molecule has 8 N–H and O–H groups in total. The summed E-state index contributed by atoms with van der Waals surface area (Å²) in [5, 5.41) is 77.2. The highest BCUT2D eigenvalue weighted by atomic mass is 35.5. The van der Waals surface area contributed by atoms with Crippen molar-refractivity contribution in [2.45, 2.75) is 171 Å². The molecule has 0 aromatic heterocycles. The van der Waals surface area contributed by atoms with Gasteiger partial charge in [-0.25, -0.2) is 0 Å². The van der Waals surface area contributed by atoms with Crippen molar-refractivity contribution in [3.8, 4) is 11.5 Å². The van der Waals surface area contributed by atoms with Crippen molar-refractivity contribution in [1.29, 1.82) is 0 Å². The Kier molecular flexibility index (Phi) is 45.9. The number of hydrogen-bond donors (Lipinski definition) is 8. The predicted octanol–water partition coefficient (Wildman–Crippen LogP) is 25.3. The highest BCUT2D eigenvalue weighted by Crippen LogP contribution is 2.36. The number of aliphatic hydroxyl groups is 6. The molecule has 0 aliphatic heterocycles. The zero-order valence-corrected chi connectivity index (χ0v) is 67.4. The molecule has 112 heavy (non-hydrogen) atoms. The molecular formula is C103H129ClO8. The zero-order chi connectivity index (χ0) is 80.1. The standard InChI is InChI=1S/C16H17ClO.C16H18O.C15H16O.C15H16.C10H14O2.2C10H14O.C9H12O.2CH4/c1-3-16(18,13-6-4-12(2)5-7-13)14-8-10-15(17)11-9-14;1-3-16(13-6-4-12(2)5-7-13)14-8-10-15(17)11-9-14;1-2-15(16,13-9-5-3-6-10-13)14-11-7-4-8-12-14;1-2-15(13-9-5-3-6-10-13)14-11-7-4-8-12-14;1-8(7-11)6-9-2-4-10(12)5-3-9;1-8(2)10(11)9-6-4-3-5-7-9;1-9(8-11)7-10-5-3-2-4-6-10;1-2-9(10)8-6-4-3-5-7-8;;/h4-11,18H,3H2,1-2H3;4-11,16-17H,3H2,1-2H3;3-12,16H,2H2,1H3;3-12,15H,2H2,1H3;2-5,8,11-12H,6-7H2,1H3;3-8,10-11H,1-2H3;2-6,9,11H,7-8H2,1H3;3-7,9-10H,2H2,1H3;2*1H4. The zero-order valence-electron chi connectivity index (χ0n) is 66.6. The number of hydrogen-bond acceptors (Lipinski definition) is 8. The lowest BCUT2D eigenvalue weighted by Gasteiger charge is -2.28. The first-order chi connectivity index (χ1) is 53.1. The van der Waals surface area contributed by atoms with E-state index in [9.17, 15) is 25.5 Å². The predicted molar refractivity (Wildman–Crippen MR) is 474 cm³/mol. The van der Waals surface area contributed by atoms with Crippen LogP contribution in [0.3, 0.4) is 0 Å². The SMILES string of the molecule is C.C.CC(C)C(O)c1ccccc1.CC(CO)Cc1ccc(O)cc1.CC(CO)Cc1ccccc1.CCC(O)(c1ccc(C)cc1)c1ccc(Cl)cc1.CCC(O)(c1ccccc1)c1ccccc1.CCC(O)c1ccccc1.CCC(c1ccc(C)cc1)c1ccc(O)cc1.CCC(c1ccccc1)c1ccccc1. The molecule has 9 heteroatoms. The van der Waals surface area contributed by atoms with Crippen LogP contribution in [0.15, 0.2) is 334 Å². The van der Waals surface area contributed by atoms with Crippen LogP contribution < -0.4 is 0 Å². The molecule has 6 atom stereocenters. The van der Waals surface area contributed by atoms with Gasteiger partial charge in [-0.15, -0.1) is 0 Å². The molecule has 0 aliphatic rings. The molecule has 0 fully saturated rings. The third kappa shape index (κ3) is 33.3. The van der Waals surface area contributed by atoms with Crippen molar-refractivity contribution in [2.24, 2.45) is 17.8 Å². The second kappa shape index (κ2) is 53.3. The number of benzene rings is 12. The normalized spacial score (nSPS) is 12.3. The molecule has 0 saturated heterocycles. The minimum absolute atomic E-state index is 0. The second-order valence-electron chi connectivity index (χ2n) is 28.3. The van der Waals surface area contributed by atoms with Crippen molar-refractivity contribution >= 4 is 11.6 Å². The molecule has 0 saturated carbocycles.